The van der Waals surface area contributed by atoms with E-state index in [2.05, 4.69) is 73.9 Å². The molecule has 0 aliphatic rings. The van der Waals surface area contributed by atoms with Gasteiger partial charge in [-0.3, -0.25) is 0 Å². The fraction of sp³-hybridized carbons (Fsp3) is 0.375. The van der Waals surface area contributed by atoms with E-state index in [0.717, 1.165) is 31.5 Å². The number of hydrogen-bond donors (Lipinski definition) is 1. The molecule has 0 saturated heterocycles. The molecule has 27 heavy (non-hydrogen) atoms. The van der Waals surface area contributed by atoms with Crippen LogP contribution in [0, 0.1) is 5.92 Å². The third-order valence-electron chi connectivity index (χ3n) is 4.90. The fourth-order valence-electron chi connectivity index (χ4n) is 3.56. The maximum Gasteiger partial charge on any atom is 0.200 e. The van der Waals surface area contributed by atoms with Crippen molar-refractivity contribution in [2.24, 2.45) is 5.92 Å². The molecule has 3 aromatic rings. The lowest BCUT2D eigenvalue weighted by Crippen LogP contribution is -2.11. The number of rotatable bonds is 8. The Morgan fingerprint density at radius 2 is 1.59 bits per heavy atom. The van der Waals surface area contributed by atoms with Gasteiger partial charge in [-0.25, -0.2) is 4.98 Å². The van der Waals surface area contributed by atoms with Gasteiger partial charge in [-0.2, -0.15) is 0 Å². The summed E-state index contributed by atoms with van der Waals surface area (Å²) in [5.74, 6) is 1.17. The highest BCUT2D eigenvalue weighted by Gasteiger charge is 2.17. The normalized spacial score (nSPS) is 11.3. The predicted octanol–water partition coefficient (Wildman–Crippen LogP) is 5.26. The molecule has 0 bridgehead atoms. The van der Waals surface area contributed by atoms with Crippen molar-refractivity contribution in [3.63, 3.8) is 0 Å². The highest BCUT2D eigenvalue weighted by Crippen LogP contribution is 2.22. The second-order valence-electron chi connectivity index (χ2n) is 7.78. The van der Waals surface area contributed by atoms with E-state index in [-0.39, 0.29) is 0 Å². The minimum Gasteiger partial charge on any atom is -0.369 e. The van der Waals surface area contributed by atoms with Crippen molar-refractivity contribution in [3.8, 4) is 0 Å². The van der Waals surface area contributed by atoms with Gasteiger partial charge >= 0.3 is 0 Å². The Labute approximate surface area is 163 Å². The van der Waals surface area contributed by atoms with E-state index < -0.39 is 0 Å². The Morgan fingerprint density at radius 3 is 2.22 bits per heavy atom. The smallest absolute Gasteiger partial charge is 0.200 e. The molecular weight excluding hydrogens is 330 g/mol. The zero-order valence-corrected chi connectivity index (χ0v) is 16.8. The third-order valence-corrected chi connectivity index (χ3v) is 4.90. The molecule has 0 aliphatic carbocycles. The van der Waals surface area contributed by atoms with Gasteiger partial charge in [-0.15, -0.1) is 0 Å². The van der Waals surface area contributed by atoms with Crippen molar-refractivity contribution < 1.29 is 0 Å². The summed E-state index contributed by atoms with van der Waals surface area (Å²) < 4.78 is 2.19. The Hall–Kier alpha value is -2.55. The zero-order valence-electron chi connectivity index (χ0n) is 16.8. The molecule has 0 atom stereocenters. The number of aryl methyl sites for hydroxylation is 1. The summed E-state index contributed by atoms with van der Waals surface area (Å²) in [6.07, 6.45) is 4.14. The van der Waals surface area contributed by atoms with Crippen LogP contribution in [0.1, 0.15) is 55.3 Å². The van der Waals surface area contributed by atoms with Crippen molar-refractivity contribution in [2.45, 2.75) is 53.0 Å². The minimum absolute atomic E-state index is 0.557. The third kappa shape index (κ3) is 5.00. The summed E-state index contributed by atoms with van der Waals surface area (Å²) >= 11 is 0. The summed E-state index contributed by atoms with van der Waals surface area (Å²) in [5.41, 5.74) is 12.7. The van der Waals surface area contributed by atoms with Gasteiger partial charge in [0.15, 0.2) is 0 Å². The zero-order chi connectivity index (χ0) is 19.2. The van der Waals surface area contributed by atoms with E-state index in [0.29, 0.717) is 11.9 Å². The van der Waals surface area contributed by atoms with Crippen LogP contribution in [0.5, 0.6) is 0 Å². The van der Waals surface area contributed by atoms with Crippen molar-refractivity contribution in [1.82, 2.24) is 9.55 Å². The lowest BCUT2D eigenvalue weighted by atomic mass is 10.0. The minimum atomic E-state index is 0.557. The first kappa shape index (κ1) is 19.2. The number of nitrogens with two attached hydrogens (primary N) is 1. The van der Waals surface area contributed by atoms with E-state index in [1.54, 1.807) is 0 Å². The predicted molar refractivity (Wildman–Crippen MR) is 114 cm³/mol. The SMILES string of the molecule is CCCc1ccc(Cc2nc(N)n(Cc3ccccc3)c2CC(C)C)cc1. The van der Waals surface area contributed by atoms with Gasteiger partial charge in [0.25, 0.3) is 0 Å². The molecule has 0 fully saturated rings. The molecule has 2 N–H and O–H groups in total. The van der Waals surface area contributed by atoms with Gasteiger partial charge in [0.1, 0.15) is 0 Å². The number of anilines is 1. The molecule has 3 rings (SSSR count). The Kier molecular flexibility index (Phi) is 6.33. The van der Waals surface area contributed by atoms with E-state index >= 15 is 0 Å². The number of aromatic nitrogens is 2. The first-order valence-corrected chi connectivity index (χ1v) is 10.0. The molecule has 2 aromatic carbocycles. The van der Waals surface area contributed by atoms with E-state index in [4.69, 9.17) is 10.7 Å². The molecule has 0 saturated carbocycles. The monoisotopic (exact) mass is 361 g/mol. The van der Waals surface area contributed by atoms with Crippen molar-refractivity contribution in [2.75, 3.05) is 5.73 Å². The molecule has 0 aliphatic heterocycles. The van der Waals surface area contributed by atoms with Crippen LogP contribution in [0.15, 0.2) is 54.6 Å². The van der Waals surface area contributed by atoms with Gasteiger partial charge < -0.3 is 10.3 Å². The van der Waals surface area contributed by atoms with Crippen LogP contribution >= 0.6 is 0 Å². The molecule has 0 amide bonds. The molecule has 142 valence electrons. The molecule has 3 nitrogen and oxygen atoms in total. The topological polar surface area (TPSA) is 43.8 Å². The van der Waals surface area contributed by atoms with Crippen molar-refractivity contribution in [3.05, 3.63) is 82.7 Å². The van der Waals surface area contributed by atoms with Crippen LogP contribution < -0.4 is 5.73 Å². The number of hydrogen-bond acceptors (Lipinski definition) is 2. The standard InChI is InChI=1S/C24H31N3/c1-4-8-19-11-13-20(14-12-19)16-22-23(15-18(2)3)27(24(25)26-22)17-21-9-6-5-7-10-21/h5-7,9-14,18H,4,8,15-17H2,1-3H3,(H2,25,26). The molecule has 0 spiro atoms. The summed E-state index contributed by atoms with van der Waals surface area (Å²) in [4.78, 5) is 4.75. The molecule has 0 radical (unpaired) electrons. The maximum absolute atomic E-state index is 6.33. The summed E-state index contributed by atoms with van der Waals surface area (Å²) in [5, 5.41) is 0. The second kappa shape index (κ2) is 8.90. The molecule has 0 unspecified atom stereocenters. The largest absolute Gasteiger partial charge is 0.369 e. The second-order valence-corrected chi connectivity index (χ2v) is 7.78. The van der Waals surface area contributed by atoms with E-state index in [1.165, 1.54) is 28.8 Å². The average Bonchev–Trinajstić information content (AvgIpc) is 2.92. The maximum atomic E-state index is 6.33. The summed E-state index contributed by atoms with van der Waals surface area (Å²) in [7, 11) is 0. The summed E-state index contributed by atoms with van der Waals surface area (Å²) in [6, 6.07) is 19.4. The van der Waals surface area contributed by atoms with Crippen LogP contribution in [-0.2, 0) is 25.8 Å². The lowest BCUT2D eigenvalue weighted by Gasteiger charge is -2.13. The van der Waals surface area contributed by atoms with Crippen LogP contribution in [0.3, 0.4) is 0 Å². The fourth-order valence-corrected chi connectivity index (χ4v) is 3.56. The number of nitrogen functional groups attached to an aromatic ring is 1. The molecule has 3 heteroatoms. The Bertz CT molecular complexity index is 845. The first-order chi connectivity index (χ1) is 13.1. The Morgan fingerprint density at radius 1 is 0.926 bits per heavy atom. The van der Waals surface area contributed by atoms with E-state index in [1.807, 2.05) is 6.07 Å². The van der Waals surface area contributed by atoms with Gasteiger partial charge in [0.05, 0.1) is 12.2 Å². The highest BCUT2D eigenvalue weighted by molar-refractivity contribution is 5.36. The van der Waals surface area contributed by atoms with Gasteiger partial charge in [0, 0.05) is 12.1 Å². The van der Waals surface area contributed by atoms with Crippen molar-refractivity contribution in [1.29, 1.82) is 0 Å². The molecular formula is C24H31N3. The number of imidazole rings is 1. The highest BCUT2D eigenvalue weighted by atomic mass is 15.2. The van der Waals surface area contributed by atoms with Gasteiger partial charge in [-0.1, -0.05) is 81.8 Å². The van der Waals surface area contributed by atoms with Gasteiger partial charge in [0.2, 0.25) is 5.95 Å². The van der Waals surface area contributed by atoms with Crippen LogP contribution in [0.25, 0.3) is 0 Å². The van der Waals surface area contributed by atoms with Gasteiger partial charge in [-0.05, 0) is 35.4 Å². The average molecular weight is 362 g/mol. The summed E-state index contributed by atoms with van der Waals surface area (Å²) in [6.45, 7) is 7.49. The van der Waals surface area contributed by atoms with Crippen LogP contribution in [0.2, 0.25) is 0 Å². The Balaban J connectivity index is 1.88. The molecule has 1 aromatic heterocycles. The quantitative estimate of drug-likeness (QED) is 0.595. The lowest BCUT2D eigenvalue weighted by molar-refractivity contribution is 0.602. The molecule has 1 heterocycles. The van der Waals surface area contributed by atoms with Crippen LogP contribution in [0.4, 0.5) is 5.95 Å². The first-order valence-electron chi connectivity index (χ1n) is 10.0. The number of benzene rings is 2. The van der Waals surface area contributed by atoms with Crippen LogP contribution in [-0.4, -0.2) is 9.55 Å². The number of nitrogens with zero attached hydrogens (tertiary/aromatic N) is 2. The van der Waals surface area contributed by atoms with E-state index in [9.17, 15) is 0 Å². The van der Waals surface area contributed by atoms with Crippen molar-refractivity contribution >= 4 is 5.95 Å².